The summed E-state index contributed by atoms with van der Waals surface area (Å²) in [5.41, 5.74) is 8.64. The van der Waals surface area contributed by atoms with Crippen LogP contribution in [-0.2, 0) is 6.42 Å². The molecule has 0 N–H and O–H groups in total. The fourth-order valence-electron chi connectivity index (χ4n) is 2.25. The summed E-state index contributed by atoms with van der Waals surface area (Å²) in [6, 6.07) is 0. The molecule has 1 heteroatoms. The van der Waals surface area contributed by atoms with E-state index >= 15 is 0 Å². The van der Waals surface area contributed by atoms with Gasteiger partial charge in [0.15, 0.2) is 0 Å². The Hall–Kier alpha value is -1.11. The average molecular weight is 187 g/mol. The van der Waals surface area contributed by atoms with E-state index in [9.17, 15) is 0 Å². The van der Waals surface area contributed by atoms with E-state index < -0.39 is 0 Å². The lowest BCUT2D eigenvalue weighted by Crippen LogP contribution is -2.10. The topological polar surface area (TPSA) is 12.4 Å². The normalized spacial score (nSPS) is 14.3. The van der Waals surface area contributed by atoms with Crippen LogP contribution in [0.1, 0.15) is 33.4 Å². The zero-order valence-electron chi connectivity index (χ0n) is 9.44. The molecule has 2 rings (SSSR count). The third-order valence-electron chi connectivity index (χ3n) is 3.58. The lowest BCUT2D eigenvalue weighted by molar-refractivity contribution is 0.929. The van der Waals surface area contributed by atoms with Crippen molar-refractivity contribution >= 4 is 6.21 Å². The maximum Gasteiger partial charge on any atom is 0.0430 e. The Bertz CT molecular complexity index is 414. The minimum Gasteiger partial charge on any atom is -0.292 e. The molecule has 1 heterocycles. The summed E-state index contributed by atoms with van der Waals surface area (Å²) in [5, 5.41) is 0. The van der Waals surface area contributed by atoms with E-state index in [1.807, 2.05) is 6.21 Å². The number of fused-ring (bicyclic) bond motifs is 1. The summed E-state index contributed by atoms with van der Waals surface area (Å²) < 4.78 is 0. The molecular weight excluding hydrogens is 170 g/mol. The molecule has 0 saturated carbocycles. The van der Waals surface area contributed by atoms with E-state index in [0.717, 1.165) is 13.0 Å². The van der Waals surface area contributed by atoms with Crippen LogP contribution in [0.3, 0.4) is 0 Å². The van der Waals surface area contributed by atoms with Crippen molar-refractivity contribution in [1.29, 1.82) is 0 Å². The molecule has 0 fully saturated rings. The van der Waals surface area contributed by atoms with Crippen molar-refractivity contribution in [2.75, 3.05) is 6.54 Å². The van der Waals surface area contributed by atoms with Crippen molar-refractivity contribution in [2.24, 2.45) is 4.99 Å². The van der Waals surface area contributed by atoms with Crippen molar-refractivity contribution in [2.45, 2.75) is 34.1 Å². The summed E-state index contributed by atoms with van der Waals surface area (Å²) in [6.45, 7) is 9.83. The molecular formula is C13H17N. The van der Waals surface area contributed by atoms with Gasteiger partial charge in [-0.25, -0.2) is 0 Å². The zero-order chi connectivity index (χ0) is 10.3. The standard InChI is InChI=1S/C13H17N/c1-8-9(2)11(4)13-7-14-6-5-12(13)10(8)3/h7H,5-6H2,1-4H3. The largest absolute Gasteiger partial charge is 0.292 e. The minimum atomic E-state index is 0.954. The summed E-state index contributed by atoms with van der Waals surface area (Å²) >= 11 is 0. The first-order chi connectivity index (χ1) is 6.63. The number of rotatable bonds is 0. The first-order valence-electron chi connectivity index (χ1n) is 5.22. The van der Waals surface area contributed by atoms with E-state index in [2.05, 4.69) is 32.7 Å². The van der Waals surface area contributed by atoms with Gasteiger partial charge in [0.05, 0.1) is 0 Å². The van der Waals surface area contributed by atoms with Crippen LogP contribution in [0, 0.1) is 27.7 Å². The van der Waals surface area contributed by atoms with Gasteiger partial charge in [-0.1, -0.05) is 0 Å². The van der Waals surface area contributed by atoms with Crippen molar-refractivity contribution in [3.63, 3.8) is 0 Å². The first-order valence-corrected chi connectivity index (χ1v) is 5.22. The number of nitrogens with zero attached hydrogens (tertiary/aromatic N) is 1. The molecule has 0 amide bonds. The van der Waals surface area contributed by atoms with Gasteiger partial charge >= 0.3 is 0 Å². The van der Waals surface area contributed by atoms with Crippen LogP contribution in [0.15, 0.2) is 4.99 Å². The third-order valence-corrected chi connectivity index (χ3v) is 3.58. The molecule has 1 aromatic rings. The van der Waals surface area contributed by atoms with Crippen LogP contribution in [-0.4, -0.2) is 12.8 Å². The highest BCUT2D eigenvalue weighted by molar-refractivity contribution is 5.86. The molecule has 0 spiro atoms. The Kier molecular flexibility index (Phi) is 2.18. The molecule has 1 aliphatic heterocycles. The monoisotopic (exact) mass is 187 g/mol. The predicted molar refractivity (Wildman–Crippen MR) is 61.6 cm³/mol. The smallest absolute Gasteiger partial charge is 0.0430 e. The lowest BCUT2D eigenvalue weighted by Gasteiger charge is -2.20. The quantitative estimate of drug-likeness (QED) is 0.592. The molecule has 0 aliphatic carbocycles. The van der Waals surface area contributed by atoms with Crippen LogP contribution >= 0.6 is 0 Å². The fourth-order valence-corrected chi connectivity index (χ4v) is 2.25. The van der Waals surface area contributed by atoms with E-state index in [1.165, 1.54) is 33.4 Å². The van der Waals surface area contributed by atoms with Gasteiger partial charge in [0.2, 0.25) is 0 Å². The summed E-state index contributed by atoms with van der Waals surface area (Å²) in [6.07, 6.45) is 3.16. The molecule has 0 bridgehead atoms. The Morgan fingerprint density at radius 1 is 0.929 bits per heavy atom. The predicted octanol–water partition coefficient (Wildman–Crippen LogP) is 2.90. The van der Waals surface area contributed by atoms with Crippen molar-refractivity contribution in [3.05, 3.63) is 33.4 Å². The summed E-state index contributed by atoms with van der Waals surface area (Å²) in [5.74, 6) is 0. The fraction of sp³-hybridized carbons (Fsp3) is 0.462. The van der Waals surface area contributed by atoms with Crippen LogP contribution in [0.25, 0.3) is 0 Å². The molecule has 74 valence electrons. The highest BCUT2D eigenvalue weighted by Gasteiger charge is 2.15. The SMILES string of the molecule is Cc1c(C)c(C)c2c(c1C)C=NCC2. The highest BCUT2D eigenvalue weighted by Crippen LogP contribution is 2.27. The van der Waals surface area contributed by atoms with Gasteiger partial charge in [0.25, 0.3) is 0 Å². The molecule has 0 radical (unpaired) electrons. The second-order valence-corrected chi connectivity index (χ2v) is 4.18. The molecule has 0 atom stereocenters. The molecule has 1 aromatic carbocycles. The van der Waals surface area contributed by atoms with Gasteiger partial charge in [-0.3, -0.25) is 4.99 Å². The van der Waals surface area contributed by atoms with Gasteiger partial charge < -0.3 is 0 Å². The van der Waals surface area contributed by atoms with Crippen molar-refractivity contribution < 1.29 is 0 Å². The maximum absolute atomic E-state index is 4.37. The molecule has 1 nitrogen and oxygen atoms in total. The Morgan fingerprint density at radius 3 is 2.29 bits per heavy atom. The van der Waals surface area contributed by atoms with E-state index in [4.69, 9.17) is 0 Å². The van der Waals surface area contributed by atoms with Crippen LogP contribution in [0.5, 0.6) is 0 Å². The number of hydrogen-bond donors (Lipinski definition) is 0. The molecule has 0 aromatic heterocycles. The molecule has 0 unspecified atom stereocenters. The number of benzene rings is 1. The first kappa shape index (κ1) is 9.45. The van der Waals surface area contributed by atoms with Crippen LogP contribution < -0.4 is 0 Å². The van der Waals surface area contributed by atoms with Gasteiger partial charge in [0.1, 0.15) is 0 Å². The third kappa shape index (κ3) is 1.19. The van der Waals surface area contributed by atoms with E-state index in [0.29, 0.717) is 0 Å². The maximum atomic E-state index is 4.37. The van der Waals surface area contributed by atoms with Crippen molar-refractivity contribution in [3.8, 4) is 0 Å². The number of hydrogen-bond acceptors (Lipinski definition) is 1. The molecule has 14 heavy (non-hydrogen) atoms. The molecule has 0 saturated heterocycles. The van der Waals surface area contributed by atoms with Gasteiger partial charge in [-0.05, 0) is 67.5 Å². The number of aliphatic imine (C=N–C) groups is 1. The second kappa shape index (κ2) is 3.23. The molecule has 1 aliphatic rings. The summed E-state index contributed by atoms with van der Waals surface area (Å²) in [4.78, 5) is 4.37. The summed E-state index contributed by atoms with van der Waals surface area (Å²) in [7, 11) is 0. The average Bonchev–Trinajstić information content (AvgIpc) is 2.23. The Balaban J connectivity index is 2.79. The highest BCUT2D eigenvalue weighted by atomic mass is 14.7. The van der Waals surface area contributed by atoms with Gasteiger partial charge in [0, 0.05) is 12.8 Å². The lowest BCUT2D eigenvalue weighted by atomic mass is 9.87. The van der Waals surface area contributed by atoms with Crippen LogP contribution in [0.4, 0.5) is 0 Å². The van der Waals surface area contributed by atoms with E-state index in [-0.39, 0.29) is 0 Å². The zero-order valence-corrected chi connectivity index (χ0v) is 9.44. The Morgan fingerprint density at radius 2 is 1.57 bits per heavy atom. The van der Waals surface area contributed by atoms with E-state index in [1.54, 1.807) is 0 Å². The van der Waals surface area contributed by atoms with Gasteiger partial charge in [-0.2, -0.15) is 0 Å². The van der Waals surface area contributed by atoms with Gasteiger partial charge in [-0.15, -0.1) is 0 Å². The Labute approximate surface area is 85.9 Å². The second-order valence-electron chi connectivity index (χ2n) is 4.18. The van der Waals surface area contributed by atoms with Crippen molar-refractivity contribution in [1.82, 2.24) is 0 Å². The van der Waals surface area contributed by atoms with Crippen LogP contribution in [0.2, 0.25) is 0 Å². The minimum absolute atomic E-state index is 0.954.